The molecular formula is C22H23BrN4O4. The number of aromatic hydroxyl groups is 1. The van der Waals surface area contributed by atoms with Crippen LogP contribution >= 0.6 is 15.9 Å². The van der Waals surface area contributed by atoms with E-state index in [1.54, 1.807) is 42.0 Å². The fraction of sp³-hybridized carbons (Fsp3) is 0.273. The van der Waals surface area contributed by atoms with E-state index in [2.05, 4.69) is 31.5 Å². The Morgan fingerprint density at radius 3 is 2.65 bits per heavy atom. The van der Waals surface area contributed by atoms with Crippen LogP contribution in [0.2, 0.25) is 0 Å². The monoisotopic (exact) mass is 486 g/mol. The van der Waals surface area contributed by atoms with E-state index < -0.39 is 5.91 Å². The van der Waals surface area contributed by atoms with Gasteiger partial charge in [0.2, 0.25) is 5.88 Å². The van der Waals surface area contributed by atoms with Crippen LogP contribution < -0.4 is 10.1 Å². The molecule has 2 N–H and O–H groups in total. The lowest BCUT2D eigenvalue weighted by Gasteiger charge is -2.10. The third kappa shape index (κ3) is 4.93. The summed E-state index contributed by atoms with van der Waals surface area (Å²) < 4.78 is 7.65. The van der Waals surface area contributed by atoms with Gasteiger partial charge in [0.25, 0.3) is 11.8 Å². The number of carbonyl (C=O) groups excluding carboxylic acids is 2. The van der Waals surface area contributed by atoms with E-state index in [1.165, 1.54) is 0 Å². The average Bonchev–Trinajstić information content (AvgIpc) is 3.02. The molecule has 2 amide bonds. The van der Waals surface area contributed by atoms with Crippen molar-refractivity contribution >= 4 is 44.3 Å². The van der Waals surface area contributed by atoms with Crippen molar-refractivity contribution in [3.63, 3.8) is 0 Å². The summed E-state index contributed by atoms with van der Waals surface area (Å²) in [5.74, 6) is -0.273. The topological polar surface area (TPSA) is 105 Å². The van der Waals surface area contributed by atoms with Crippen LogP contribution in [0.3, 0.4) is 0 Å². The first kappa shape index (κ1) is 22.5. The van der Waals surface area contributed by atoms with Crippen molar-refractivity contribution in [1.82, 2.24) is 9.88 Å². The highest BCUT2D eigenvalue weighted by Gasteiger charge is 2.19. The summed E-state index contributed by atoms with van der Waals surface area (Å²) in [6, 6.07) is 12.4. The maximum absolute atomic E-state index is 12.2. The van der Waals surface area contributed by atoms with Crippen molar-refractivity contribution in [3.8, 4) is 11.6 Å². The summed E-state index contributed by atoms with van der Waals surface area (Å²) in [4.78, 5) is 24.4. The fourth-order valence-electron chi connectivity index (χ4n) is 3.19. The van der Waals surface area contributed by atoms with E-state index >= 15 is 0 Å². The minimum absolute atomic E-state index is 0.0212. The lowest BCUT2D eigenvalue weighted by Crippen LogP contribution is -2.26. The number of nitrogens with zero attached hydrogens (tertiary/aromatic N) is 3. The van der Waals surface area contributed by atoms with Gasteiger partial charge in [-0.1, -0.05) is 12.1 Å². The molecule has 0 saturated carbocycles. The average molecular weight is 487 g/mol. The van der Waals surface area contributed by atoms with Crippen molar-refractivity contribution in [3.05, 3.63) is 52.5 Å². The fourth-order valence-corrected chi connectivity index (χ4v) is 3.66. The van der Waals surface area contributed by atoms with E-state index in [1.807, 2.05) is 26.0 Å². The highest BCUT2D eigenvalue weighted by atomic mass is 79.9. The Balaban J connectivity index is 1.72. The molecule has 1 heterocycles. The van der Waals surface area contributed by atoms with Crippen LogP contribution in [-0.2, 0) is 4.79 Å². The number of aromatic nitrogens is 1. The second-order valence-corrected chi connectivity index (χ2v) is 7.95. The summed E-state index contributed by atoms with van der Waals surface area (Å²) in [7, 11) is 1.55. The van der Waals surface area contributed by atoms with Gasteiger partial charge in [0.15, 0.2) is 5.69 Å². The molecule has 1 aromatic heterocycles. The minimum atomic E-state index is -0.514. The first-order chi connectivity index (χ1) is 14.8. The SMILES string of the molecule is COc1ccc2c(c1)c(N=NC(=O)CCNC(=O)c1ccccc1Br)c(O)n2C(C)C. The van der Waals surface area contributed by atoms with Gasteiger partial charge in [-0.2, -0.15) is 0 Å². The Hall–Kier alpha value is -3.20. The lowest BCUT2D eigenvalue weighted by molar-refractivity contribution is -0.118. The number of halogens is 1. The molecule has 0 atom stereocenters. The van der Waals surface area contributed by atoms with Gasteiger partial charge in [-0.3, -0.25) is 9.59 Å². The maximum atomic E-state index is 12.2. The van der Waals surface area contributed by atoms with Crippen molar-refractivity contribution < 1.29 is 19.4 Å². The van der Waals surface area contributed by atoms with Gasteiger partial charge in [0.05, 0.1) is 18.2 Å². The molecule has 3 rings (SSSR count). The zero-order valence-corrected chi connectivity index (χ0v) is 19.0. The molecule has 8 nitrogen and oxygen atoms in total. The Morgan fingerprint density at radius 1 is 1.23 bits per heavy atom. The quantitative estimate of drug-likeness (QED) is 0.451. The van der Waals surface area contributed by atoms with Crippen molar-refractivity contribution in [2.45, 2.75) is 26.3 Å². The first-order valence-corrected chi connectivity index (χ1v) is 10.5. The molecule has 0 aliphatic carbocycles. The predicted octanol–water partition coefficient (Wildman–Crippen LogP) is 5.13. The van der Waals surface area contributed by atoms with Crippen LogP contribution in [-0.4, -0.2) is 35.1 Å². The molecule has 2 aromatic carbocycles. The second kappa shape index (κ2) is 9.74. The van der Waals surface area contributed by atoms with Crippen LogP contribution in [0.1, 0.15) is 36.7 Å². The summed E-state index contributed by atoms with van der Waals surface area (Å²) in [6.07, 6.45) is -0.0212. The van der Waals surface area contributed by atoms with Gasteiger partial charge in [-0.25, -0.2) is 0 Å². The Bertz CT molecular complexity index is 1150. The van der Waals surface area contributed by atoms with Gasteiger partial charge in [0.1, 0.15) is 5.75 Å². The number of fused-ring (bicyclic) bond motifs is 1. The van der Waals surface area contributed by atoms with Crippen LogP contribution in [0.5, 0.6) is 11.6 Å². The second-order valence-electron chi connectivity index (χ2n) is 7.10. The highest BCUT2D eigenvalue weighted by Crippen LogP contribution is 2.42. The maximum Gasteiger partial charge on any atom is 0.266 e. The molecule has 0 aliphatic rings. The number of benzene rings is 2. The summed E-state index contributed by atoms with van der Waals surface area (Å²) in [5, 5.41) is 21.7. The van der Waals surface area contributed by atoms with E-state index in [0.717, 1.165) is 5.52 Å². The molecular weight excluding hydrogens is 464 g/mol. The smallest absolute Gasteiger partial charge is 0.266 e. The van der Waals surface area contributed by atoms with E-state index in [-0.39, 0.29) is 36.5 Å². The molecule has 0 fully saturated rings. The Morgan fingerprint density at radius 2 is 1.97 bits per heavy atom. The molecule has 0 bridgehead atoms. The Kier molecular flexibility index (Phi) is 7.06. The van der Waals surface area contributed by atoms with Crippen LogP contribution in [0.4, 0.5) is 5.69 Å². The molecule has 0 saturated heterocycles. The number of azo groups is 1. The number of hydrogen-bond donors (Lipinski definition) is 2. The number of rotatable bonds is 7. The third-order valence-corrected chi connectivity index (χ3v) is 5.37. The number of nitrogens with one attached hydrogen (secondary N) is 1. The molecule has 31 heavy (non-hydrogen) atoms. The minimum Gasteiger partial charge on any atom is -0.497 e. The molecule has 9 heteroatoms. The van der Waals surface area contributed by atoms with E-state index in [0.29, 0.717) is 21.2 Å². The molecule has 0 radical (unpaired) electrons. The van der Waals surface area contributed by atoms with Crippen LogP contribution in [0.25, 0.3) is 10.9 Å². The first-order valence-electron chi connectivity index (χ1n) is 9.71. The summed E-state index contributed by atoms with van der Waals surface area (Å²) in [6.45, 7) is 3.98. The standard InChI is InChI=1S/C22H23BrN4O4/c1-13(2)27-18-9-8-14(31-3)12-16(18)20(22(27)30)26-25-19(28)10-11-24-21(29)15-6-4-5-7-17(15)23/h4-9,12-13,30H,10-11H2,1-3H3,(H,24,29). The zero-order valence-electron chi connectivity index (χ0n) is 17.4. The van der Waals surface area contributed by atoms with Gasteiger partial charge in [-0.15, -0.1) is 10.2 Å². The highest BCUT2D eigenvalue weighted by molar-refractivity contribution is 9.10. The summed E-state index contributed by atoms with van der Waals surface area (Å²) >= 11 is 3.32. The number of hydrogen-bond acceptors (Lipinski definition) is 5. The molecule has 0 spiro atoms. The Labute approximate surface area is 188 Å². The number of carbonyl (C=O) groups is 2. The van der Waals surface area contributed by atoms with Gasteiger partial charge in [0, 0.05) is 28.9 Å². The van der Waals surface area contributed by atoms with Crippen LogP contribution in [0.15, 0.2) is 57.2 Å². The number of amides is 2. The molecule has 162 valence electrons. The van der Waals surface area contributed by atoms with Crippen molar-refractivity contribution in [2.75, 3.05) is 13.7 Å². The van der Waals surface area contributed by atoms with Gasteiger partial charge < -0.3 is 19.7 Å². The molecule has 0 aliphatic heterocycles. The molecule has 0 unspecified atom stereocenters. The van der Waals surface area contributed by atoms with Crippen LogP contribution in [0, 0.1) is 0 Å². The van der Waals surface area contributed by atoms with E-state index in [9.17, 15) is 14.7 Å². The number of methoxy groups -OCH3 is 1. The molecule has 3 aromatic rings. The number of ether oxygens (including phenoxy) is 1. The lowest BCUT2D eigenvalue weighted by atomic mass is 10.2. The summed E-state index contributed by atoms with van der Waals surface area (Å²) in [5.41, 5.74) is 1.44. The normalized spacial score (nSPS) is 11.4. The predicted molar refractivity (Wildman–Crippen MR) is 121 cm³/mol. The largest absolute Gasteiger partial charge is 0.497 e. The zero-order chi connectivity index (χ0) is 22.5. The third-order valence-electron chi connectivity index (χ3n) is 4.68. The van der Waals surface area contributed by atoms with E-state index in [4.69, 9.17) is 4.74 Å². The van der Waals surface area contributed by atoms with Gasteiger partial charge >= 0.3 is 0 Å². The van der Waals surface area contributed by atoms with Crippen molar-refractivity contribution in [1.29, 1.82) is 0 Å². The van der Waals surface area contributed by atoms with Gasteiger partial charge in [-0.05, 0) is 60.1 Å². The van der Waals surface area contributed by atoms with Crippen molar-refractivity contribution in [2.24, 2.45) is 10.2 Å².